The molecule has 0 aromatic carbocycles. The Balaban J connectivity index is 2.01. The van der Waals surface area contributed by atoms with Gasteiger partial charge in [-0.15, -0.1) is 0 Å². The number of amides is 1. The van der Waals surface area contributed by atoms with Crippen LogP contribution >= 0.6 is 0 Å². The molecule has 2 unspecified atom stereocenters. The van der Waals surface area contributed by atoms with Crippen LogP contribution in [0.4, 0.5) is 0 Å². The monoisotopic (exact) mass is 240 g/mol. The van der Waals surface area contributed by atoms with Crippen LogP contribution in [0.2, 0.25) is 0 Å². The van der Waals surface area contributed by atoms with Crippen LogP contribution in [-0.4, -0.2) is 25.0 Å². The quantitative estimate of drug-likeness (QED) is 0.700. The van der Waals surface area contributed by atoms with Crippen molar-refractivity contribution in [2.24, 2.45) is 11.8 Å². The van der Waals surface area contributed by atoms with Gasteiger partial charge in [0.1, 0.15) is 0 Å². The van der Waals surface area contributed by atoms with E-state index in [1.54, 1.807) is 0 Å². The zero-order chi connectivity index (χ0) is 12.7. The summed E-state index contributed by atoms with van der Waals surface area (Å²) in [5.41, 5.74) is 0. The van der Waals surface area contributed by atoms with Crippen molar-refractivity contribution in [3.05, 3.63) is 0 Å². The first-order valence-electron chi connectivity index (χ1n) is 7.08. The van der Waals surface area contributed by atoms with Gasteiger partial charge < -0.3 is 10.6 Å². The summed E-state index contributed by atoms with van der Waals surface area (Å²) in [4.78, 5) is 11.4. The molecule has 0 aliphatic heterocycles. The number of carbonyl (C=O) groups is 1. The van der Waals surface area contributed by atoms with E-state index in [2.05, 4.69) is 17.6 Å². The largest absolute Gasteiger partial charge is 0.353 e. The smallest absolute Gasteiger partial charge is 0.234 e. The van der Waals surface area contributed by atoms with E-state index in [9.17, 15) is 4.79 Å². The minimum absolute atomic E-state index is 0.108. The van der Waals surface area contributed by atoms with E-state index in [-0.39, 0.29) is 11.9 Å². The maximum Gasteiger partial charge on any atom is 0.234 e. The van der Waals surface area contributed by atoms with E-state index in [0.29, 0.717) is 6.54 Å². The predicted molar refractivity (Wildman–Crippen MR) is 71.9 cm³/mol. The van der Waals surface area contributed by atoms with Crippen molar-refractivity contribution in [3.8, 4) is 0 Å². The first kappa shape index (κ1) is 14.5. The van der Waals surface area contributed by atoms with Crippen molar-refractivity contribution in [2.45, 2.75) is 58.9 Å². The third-order valence-electron chi connectivity index (χ3n) is 3.51. The number of nitrogens with one attached hydrogen (secondary N) is 2. The van der Waals surface area contributed by atoms with Crippen molar-refractivity contribution in [2.75, 3.05) is 13.1 Å². The molecule has 1 aliphatic carbocycles. The predicted octanol–water partition coefficient (Wildman–Crippen LogP) is 2.32. The van der Waals surface area contributed by atoms with Crippen LogP contribution in [0.1, 0.15) is 52.9 Å². The van der Waals surface area contributed by atoms with Crippen LogP contribution in [0.15, 0.2) is 0 Å². The minimum atomic E-state index is 0.108. The summed E-state index contributed by atoms with van der Waals surface area (Å²) in [5.74, 6) is 1.88. The van der Waals surface area contributed by atoms with Gasteiger partial charge in [-0.1, -0.05) is 26.2 Å². The van der Waals surface area contributed by atoms with E-state index < -0.39 is 0 Å². The highest BCUT2D eigenvalue weighted by molar-refractivity contribution is 5.78. The lowest BCUT2D eigenvalue weighted by molar-refractivity contribution is -0.120. The first-order chi connectivity index (χ1) is 8.08. The normalized spacial score (nSPS) is 24.9. The topological polar surface area (TPSA) is 41.1 Å². The fourth-order valence-electron chi connectivity index (χ4n) is 2.70. The van der Waals surface area contributed by atoms with Crippen molar-refractivity contribution in [1.82, 2.24) is 10.6 Å². The number of hydrogen-bond acceptors (Lipinski definition) is 2. The van der Waals surface area contributed by atoms with Gasteiger partial charge >= 0.3 is 0 Å². The first-order valence-corrected chi connectivity index (χ1v) is 7.08. The Kier molecular flexibility index (Phi) is 6.56. The van der Waals surface area contributed by atoms with Crippen molar-refractivity contribution in [3.63, 3.8) is 0 Å². The lowest BCUT2D eigenvalue weighted by Crippen LogP contribution is -2.38. The van der Waals surface area contributed by atoms with Gasteiger partial charge in [-0.25, -0.2) is 0 Å². The molecule has 1 amide bonds. The van der Waals surface area contributed by atoms with E-state index in [4.69, 9.17) is 0 Å². The van der Waals surface area contributed by atoms with Crippen LogP contribution in [-0.2, 0) is 4.79 Å². The molecule has 3 heteroatoms. The van der Waals surface area contributed by atoms with E-state index in [1.807, 2.05) is 13.8 Å². The Hall–Kier alpha value is -0.570. The second-order valence-electron chi connectivity index (χ2n) is 5.83. The summed E-state index contributed by atoms with van der Waals surface area (Å²) in [6.07, 6.45) is 6.77. The molecular formula is C14H28N2O. The average molecular weight is 240 g/mol. The molecule has 0 heterocycles. The Morgan fingerprint density at radius 2 is 2.12 bits per heavy atom. The highest BCUT2D eigenvalue weighted by Gasteiger charge is 2.18. The number of rotatable bonds is 6. The molecule has 100 valence electrons. The lowest BCUT2D eigenvalue weighted by atomic mass is 9.81. The molecule has 0 spiro atoms. The molecule has 2 N–H and O–H groups in total. The van der Waals surface area contributed by atoms with E-state index >= 15 is 0 Å². The zero-order valence-corrected chi connectivity index (χ0v) is 11.6. The highest BCUT2D eigenvalue weighted by Crippen LogP contribution is 2.30. The second-order valence-corrected chi connectivity index (χ2v) is 5.83. The minimum Gasteiger partial charge on any atom is -0.353 e. The average Bonchev–Trinajstić information content (AvgIpc) is 2.23. The molecule has 0 radical (unpaired) electrons. The third kappa shape index (κ3) is 6.67. The summed E-state index contributed by atoms with van der Waals surface area (Å²) in [5, 5.41) is 6.13. The van der Waals surface area contributed by atoms with Crippen LogP contribution in [0, 0.1) is 11.8 Å². The van der Waals surface area contributed by atoms with Gasteiger partial charge in [0.05, 0.1) is 6.54 Å². The standard InChI is InChI=1S/C14H28N2O/c1-11(2)16-14(17)10-15-8-7-13-6-4-5-12(3)9-13/h11-13,15H,4-10H2,1-3H3,(H,16,17). The number of hydrogen-bond donors (Lipinski definition) is 2. The van der Waals surface area contributed by atoms with Crippen molar-refractivity contribution >= 4 is 5.91 Å². The van der Waals surface area contributed by atoms with Crippen molar-refractivity contribution < 1.29 is 4.79 Å². The SMILES string of the molecule is CC1CCCC(CCNCC(=O)NC(C)C)C1. The van der Waals surface area contributed by atoms with Crippen molar-refractivity contribution in [1.29, 1.82) is 0 Å². The summed E-state index contributed by atoms with van der Waals surface area (Å²) in [7, 11) is 0. The van der Waals surface area contributed by atoms with E-state index in [1.165, 1.54) is 32.1 Å². The summed E-state index contributed by atoms with van der Waals surface area (Å²) >= 11 is 0. The molecule has 1 saturated carbocycles. The Morgan fingerprint density at radius 3 is 2.76 bits per heavy atom. The molecule has 1 aliphatic rings. The molecule has 17 heavy (non-hydrogen) atoms. The van der Waals surface area contributed by atoms with Gasteiger partial charge in [0.2, 0.25) is 5.91 Å². The summed E-state index contributed by atoms with van der Waals surface area (Å²) < 4.78 is 0. The van der Waals surface area contributed by atoms with Crippen LogP contribution < -0.4 is 10.6 Å². The molecule has 0 aromatic rings. The molecule has 0 saturated heterocycles. The van der Waals surface area contributed by atoms with Gasteiger partial charge in [0, 0.05) is 6.04 Å². The molecule has 0 aromatic heterocycles. The fourth-order valence-corrected chi connectivity index (χ4v) is 2.70. The van der Waals surface area contributed by atoms with Gasteiger partial charge in [-0.05, 0) is 45.1 Å². The molecular weight excluding hydrogens is 212 g/mol. The molecule has 2 atom stereocenters. The van der Waals surface area contributed by atoms with Crippen LogP contribution in [0.5, 0.6) is 0 Å². The Labute approximate surface area is 106 Å². The second kappa shape index (κ2) is 7.70. The van der Waals surface area contributed by atoms with Crippen LogP contribution in [0.3, 0.4) is 0 Å². The van der Waals surface area contributed by atoms with Crippen LogP contribution in [0.25, 0.3) is 0 Å². The lowest BCUT2D eigenvalue weighted by Gasteiger charge is -2.26. The fraction of sp³-hybridized carbons (Fsp3) is 0.929. The maximum absolute atomic E-state index is 11.4. The summed E-state index contributed by atoms with van der Waals surface area (Å²) in [6, 6.07) is 0.239. The number of carbonyl (C=O) groups excluding carboxylic acids is 1. The van der Waals surface area contributed by atoms with Gasteiger partial charge in [-0.2, -0.15) is 0 Å². The zero-order valence-electron chi connectivity index (χ0n) is 11.6. The van der Waals surface area contributed by atoms with Gasteiger partial charge in [0.25, 0.3) is 0 Å². The molecule has 0 bridgehead atoms. The van der Waals surface area contributed by atoms with Gasteiger partial charge in [0.15, 0.2) is 0 Å². The Morgan fingerprint density at radius 1 is 1.35 bits per heavy atom. The highest BCUT2D eigenvalue weighted by atomic mass is 16.1. The molecule has 3 nitrogen and oxygen atoms in total. The Bertz CT molecular complexity index is 228. The van der Waals surface area contributed by atoms with E-state index in [0.717, 1.165) is 18.4 Å². The van der Waals surface area contributed by atoms with Gasteiger partial charge in [-0.3, -0.25) is 4.79 Å². The molecule has 1 fully saturated rings. The third-order valence-corrected chi connectivity index (χ3v) is 3.51. The maximum atomic E-state index is 11.4. The molecule has 1 rings (SSSR count). The summed E-state index contributed by atoms with van der Waals surface area (Å²) in [6.45, 7) is 7.77.